The molecule has 1 aromatic rings. The lowest BCUT2D eigenvalue weighted by atomic mass is 9.90. The zero-order valence-electron chi connectivity index (χ0n) is 13.1. The second-order valence-corrected chi connectivity index (χ2v) is 6.10. The van der Waals surface area contributed by atoms with Crippen LogP contribution in [-0.2, 0) is 9.59 Å². The van der Waals surface area contributed by atoms with E-state index in [0.717, 1.165) is 12.8 Å². The Labute approximate surface area is 131 Å². The average Bonchev–Trinajstić information content (AvgIpc) is 2.46. The Morgan fingerprint density at radius 3 is 2.33 bits per heavy atom. The van der Waals surface area contributed by atoms with Crippen LogP contribution in [0.4, 0.5) is 5.69 Å². The first kappa shape index (κ1) is 17.5. The Hall–Kier alpha value is -1.55. The molecule has 0 spiro atoms. The van der Waals surface area contributed by atoms with Gasteiger partial charge in [-0.05, 0) is 44.5 Å². The van der Waals surface area contributed by atoms with E-state index >= 15 is 0 Å². The third kappa shape index (κ3) is 4.74. The fourth-order valence-corrected chi connectivity index (χ4v) is 2.02. The fourth-order valence-electron chi connectivity index (χ4n) is 1.89. The van der Waals surface area contributed by atoms with Crippen LogP contribution in [0.15, 0.2) is 24.3 Å². The van der Waals surface area contributed by atoms with Gasteiger partial charge in [-0.25, -0.2) is 0 Å². The van der Waals surface area contributed by atoms with Crippen LogP contribution < -0.4 is 5.32 Å². The van der Waals surface area contributed by atoms with Crippen LogP contribution in [0.5, 0.6) is 0 Å². The molecular weight excluding hydrogens is 288 g/mol. The third-order valence-electron chi connectivity index (χ3n) is 3.40. The maximum Gasteiger partial charge on any atom is 0.239 e. The lowest BCUT2D eigenvalue weighted by molar-refractivity contribution is -0.145. The molecule has 0 aliphatic heterocycles. The van der Waals surface area contributed by atoms with Crippen molar-refractivity contribution in [1.82, 2.24) is 4.90 Å². The van der Waals surface area contributed by atoms with Crippen LogP contribution in [0.1, 0.15) is 33.6 Å². The minimum atomic E-state index is -1.11. The van der Waals surface area contributed by atoms with Crippen molar-refractivity contribution in [2.24, 2.45) is 5.41 Å². The summed E-state index contributed by atoms with van der Waals surface area (Å²) in [5.74, 6) is -0.499. The molecule has 116 valence electrons. The first-order valence-corrected chi connectivity index (χ1v) is 7.49. The number of unbranched alkanes of at least 4 members (excludes halogenated alkanes) is 1. The molecule has 1 N–H and O–H groups in total. The third-order valence-corrected chi connectivity index (χ3v) is 3.65. The second kappa shape index (κ2) is 7.46. The van der Waals surface area contributed by atoms with Gasteiger partial charge in [0.15, 0.2) is 0 Å². The largest absolute Gasteiger partial charge is 0.345 e. The van der Waals surface area contributed by atoms with Crippen LogP contribution in [0.25, 0.3) is 0 Å². The normalized spacial score (nSPS) is 11.1. The fraction of sp³-hybridized carbons (Fsp3) is 0.500. The van der Waals surface area contributed by atoms with Crippen LogP contribution in [-0.4, -0.2) is 30.3 Å². The number of anilines is 1. The van der Waals surface area contributed by atoms with Gasteiger partial charge < -0.3 is 10.2 Å². The van der Waals surface area contributed by atoms with E-state index in [2.05, 4.69) is 12.2 Å². The standard InChI is InChI=1S/C16H23ClN2O2/c1-5-6-11-19(4)15(21)16(2,3)14(20)18-13-9-7-12(17)8-10-13/h7-10H,5-6,11H2,1-4H3,(H,18,20). The number of amides is 2. The number of carbonyl (C=O) groups excluding carboxylic acids is 2. The number of nitrogens with zero attached hydrogens (tertiary/aromatic N) is 1. The van der Waals surface area contributed by atoms with Crippen LogP contribution in [0.2, 0.25) is 5.02 Å². The first-order valence-electron chi connectivity index (χ1n) is 7.11. The molecule has 0 bridgehead atoms. The van der Waals surface area contributed by atoms with E-state index in [1.54, 1.807) is 50.1 Å². The molecule has 5 heteroatoms. The van der Waals surface area contributed by atoms with E-state index in [1.165, 1.54) is 0 Å². The lowest BCUT2D eigenvalue weighted by Gasteiger charge is -2.28. The molecule has 0 aromatic heterocycles. The molecule has 1 aromatic carbocycles. The lowest BCUT2D eigenvalue weighted by Crippen LogP contribution is -2.46. The number of halogens is 1. The number of benzene rings is 1. The maximum absolute atomic E-state index is 12.4. The Bertz CT molecular complexity index is 498. The summed E-state index contributed by atoms with van der Waals surface area (Å²) >= 11 is 5.81. The van der Waals surface area contributed by atoms with Gasteiger partial charge in [0.25, 0.3) is 0 Å². The minimum absolute atomic E-state index is 0.178. The zero-order valence-corrected chi connectivity index (χ0v) is 13.8. The quantitative estimate of drug-likeness (QED) is 0.817. The summed E-state index contributed by atoms with van der Waals surface area (Å²) in [6, 6.07) is 6.81. The number of nitrogens with one attached hydrogen (secondary N) is 1. The summed E-state index contributed by atoms with van der Waals surface area (Å²) in [5.41, 5.74) is -0.483. The van der Waals surface area contributed by atoms with Crippen molar-refractivity contribution in [1.29, 1.82) is 0 Å². The van der Waals surface area contributed by atoms with Gasteiger partial charge in [-0.1, -0.05) is 24.9 Å². The Kier molecular flexibility index (Phi) is 6.21. The highest BCUT2D eigenvalue weighted by Crippen LogP contribution is 2.22. The van der Waals surface area contributed by atoms with E-state index in [1.807, 2.05) is 0 Å². The zero-order chi connectivity index (χ0) is 16.0. The van der Waals surface area contributed by atoms with Crippen molar-refractivity contribution in [3.63, 3.8) is 0 Å². The van der Waals surface area contributed by atoms with E-state index in [4.69, 9.17) is 11.6 Å². The SMILES string of the molecule is CCCCN(C)C(=O)C(C)(C)C(=O)Nc1ccc(Cl)cc1. The van der Waals surface area contributed by atoms with Gasteiger partial charge in [0.05, 0.1) is 0 Å². The molecule has 0 unspecified atom stereocenters. The highest BCUT2D eigenvalue weighted by Gasteiger charge is 2.38. The molecule has 0 saturated carbocycles. The predicted molar refractivity (Wildman–Crippen MR) is 86.4 cm³/mol. The van der Waals surface area contributed by atoms with Crippen LogP contribution in [0, 0.1) is 5.41 Å². The summed E-state index contributed by atoms with van der Waals surface area (Å²) in [6.45, 7) is 6.01. The molecule has 4 nitrogen and oxygen atoms in total. The molecule has 0 radical (unpaired) electrons. The summed E-state index contributed by atoms with van der Waals surface area (Å²) in [6.07, 6.45) is 1.94. The molecule has 0 saturated heterocycles. The van der Waals surface area contributed by atoms with Gasteiger partial charge in [-0.3, -0.25) is 9.59 Å². The van der Waals surface area contributed by atoms with Crippen molar-refractivity contribution in [2.45, 2.75) is 33.6 Å². The second-order valence-electron chi connectivity index (χ2n) is 5.67. The maximum atomic E-state index is 12.4. The van der Waals surface area contributed by atoms with E-state index < -0.39 is 5.41 Å². The Morgan fingerprint density at radius 1 is 1.24 bits per heavy atom. The van der Waals surface area contributed by atoms with Crippen molar-refractivity contribution in [2.75, 3.05) is 18.9 Å². The van der Waals surface area contributed by atoms with E-state index in [9.17, 15) is 9.59 Å². The summed E-state index contributed by atoms with van der Waals surface area (Å²) in [4.78, 5) is 26.4. The van der Waals surface area contributed by atoms with E-state index in [-0.39, 0.29) is 11.8 Å². The summed E-state index contributed by atoms with van der Waals surface area (Å²) < 4.78 is 0. The number of carbonyl (C=O) groups is 2. The molecule has 1 rings (SSSR count). The Morgan fingerprint density at radius 2 is 1.81 bits per heavy atom. The van der Waals surface area contributed by atoms with Gasteiger partial charge in [-0.2, -0.15) is 0 Å². The topological polar surface area (TPSA) is 49.4 Å². The number of rotatable bonds is 6. The number of hydrogen-bond acceptors (Lipinski definition) is 2. The van der Waals surface area contributed by atoms with Crippen molar-refractivity contribution < 1.29 is 9.59 Å². The van der Waals surface area contributed by atoms with E-state index in [0.29, 0.717) is 17.3 Å². The molecule has 21 heavy (non-hydrogen) atoms. The smallest absolute Gasteiger partial charge is 0.239 e. The molecule has 0 aliphatic rings. The Balaban J connectivity index is 2.74. The van der Waals surface area contributed by atoms with Crippen LogP contribution in [0.3, 0.4) is 0 Å². The molecule has 0 aliphatic carbocycles. The minimum Gasteiger partial charge on any atom is -0.345 e. The predicted octanol–water partition coefficient (Wildman–Crippen LogP) is 3.56. The average molecular weight is 311 g/mol. The van der Waals surface area contributed by atoms with Crippen molar-refractivity contribution >= 4 is 29.1 Å². The summed E-state index contributed by atoms with van der Waals surface area (Å²) in [5, 5.41) is 3.36. The van der Waals surface area contributed by atoms with Gasteiger partial charge in [-0.15, -0.1) is 0 Å². The van der Waals surface area contributed by atoms with Gasteiger partial charge in [0.1, 0.15) is 5.41 Å². The van der Waals surface area contributed by atoms with Crippen molar-refractivity contribution in [3.8, 4) is 0 Å². The monoisotopic (exact) mass is 310 g/mol. The van der Waals surface area contributed by atoms with Gasteiger partial charge in [0, 0.05) is 24.3 Å². The molecular formula is C16H23ClN2O2. The highest BCUT2D eigenvalue weighted by atomic mass is 35.5. The molecule has 0 heterocycles. The van der Waals surface area contributed by atoms with Crippen molar-refractivity contribution in [3.05, 3.63) is 29.3 Å². The summed E-state index contributed by atoms with van der Waals surface area (Å²) in [7, 11) is 1.73. The molecule has 2 amide bonds. The molecule has 0 fully saturated rings. The van der Waals surface area contributed by atoms with Gasteiger partial charge >= 0.3 is 0 Å². The van der Waals surface area contributed by atoms with Gasteiger partial charge in [0.2, 0.25) is 11.8 Å². The molecule has 0 atom stereocenters. The van der Waals surface area contributed by atoms with Crippen LogP contribution >= 0.6 is 11.6 Å². The highest BCUT2D eigenvalue weighted by molar-refractivity contribution is 6.30. The number of hydrogen-bond donors (Lipinski definition) is 1. The first-order chi connectivity index (χ1) is 9.78.